The SMILES string of the molecule is CCNc1c(C=O)c2ccccc2oc1=O. The van der Waals surface area contributed by atoms with Crippen molar-refractivity contribution in [2.75, 3.05) is 11.9 Å². The van der Waals surface area contributed by atoms with E-state index in [4.69, 9.17) is 4.42 Å². The molecule has 0 saturated carbocycles. The molecule has 2 rings (SSSR count). The van der Waals surface area contributed by atoms with Crippen LogP contribution < -0.4 is 10.9 Å². The molecule has 0 spiro atoms. The Kier molecular flexibility index (Phi) is 2.72. The zero-order valence-corrected chi connectivity index (χ0v) is 8.82. The van der Waals surface area contributed by atoms with E-state index in [-0.39, 0.29) is 5.69 Å². The first kappa shape index (κ1) is 10.4. The van der Waals surface area contributed by atoms with Crippen LogP contribution >= 0.6 is 0 Å². The van der Waals surface area contributed by atoms with Gasteiger partial charge in [-0.15, -0.1) is 0 Å². The van der Waals surface area contributed by atoms with Crippen LogP contribution in [0.1, 0.15) is 17.3 Å². The maximum absolute atomic E-state index is 11.6. The lowest BCUT2D eigenvalue weighted by molar-refractivity contribution is 0.112. The lowest BCUT2D eigenvalue weighted by atomic mass is 10.1. The number of para-hydroxylation sites is 1. The molecule has 0 saturated heterocycles. The van der Waals surface area contributed by atoms with Crippen molar-refractivity contribution < 1.29 is 9.21 Å². The normalized spacial score (nSPS) is 10.3. The zero-order valence-electron chi connectivity index (χ0n) is 8.82. The average molecular weight is 217 g/mol. The maximum Gasteiger partial charge on any atom is 0.360 e. The van der Waals surface area contributed by atoms with E-state index >= 15 is 0 Å². The summed E-state index contributed by atoms with van der Waals surface area (Å²) in [7, 11) is 0. The Labute approximate surface area is 91.9 Å². The van der Waals surface area contributed by atoms with Gasteiger partial charge in [-0.1, -0.05) is 18.2 Å². The Morgan fingerprint density at radius 1 is 1.38 bits per heavy atom. The molecule has 4 heteroatoms. The Hall–Kier alpha value is -2.10. The monoisotopic (exact) mass is 217 g/mol. The quantitative estimate of drug-likeness (QED) is 0.631. The van der Waals surface area contributed by atoms with Crippen molar-refractivity contribution in [3.8, 4) is 0 Å². The number of hydrogen-bond donors (Lipinski definition) is 1. The van der Waals surface area contributed by atoms with Crippen LogP contribution in [0.2, 0.25) is 0 Å². The predicted molar refractivity (Wildman–Crippen MR) is 62.0 cm³/mol. The van der Waals surface area contributed by atoms with Gasteiger partial charge in [0.15, 0.2) is 6.29 Å². The molecule has 0 radical (unpaired) electrons. The number of benzene rings is 1. The van der Waals surface area contributed by atoms with E-state index in [2.05, 4.69) is 5.32 Å². The van der Waals surface area contributed by atoms with Gasteiger partial charge < -0.3 is 9.73 Å². The molecule has 0 aliphatic carbocycles. The molecule has 0 fully saturated rings. The summed E-state index contributed by atoms with van der Waals surface area (Å²) in [6.45, 7) is 2.41. The third kappa shape index (κ3) is 1.58. The van der Waals surface area contributed by atoms with E-state index < -0.39 is 5.63 Å². The smallest absolute Gasteiger partial charge is 0.360 e. The topological polar surface area (TPSA) is 59.3 Å². The molecule has 4 nitrogen and oxygen atoms in total. The Morgan fingerprint density at radius 2 is 2.12 bits per heavy atom. The van der Waals surface area contributed by atoms with Crippen molar-refractivity contribution in [1.82, 2.24) is 0 Å². The fourth-order valence-corrected chi connectivity index (χ4v) is 1.64. The fraction of sp³-hybridized carbons (Fsp3) is 0.167. The third-order valence-corrected chi connectivity index (χ3v) is 2.32. The largest absolute Gasteiger partial charge is 0.421 e. The van der Waals surface area contributed by atoms with E-state index in [1.807, 2.05) is 6.92 Å². The Morgan fingerprint density at radius 3 is 2.81 bits per heavy atom. The van der Waals surface area contributed by atoms with Gasteiger partial charge in [-0.05, 0) is 13.0 Å². The minimum absolute atomic E-state index is 0.233. The molecule has 1 N–H and O–H groups in total. The van der Waals surface area contributed by atoms with Crippen LogP contribution in [0.5, 0.6) is 0 Å². The summed E-state index contributed by atoms with van der Waals surface area (Å²) >= 11 is 0. The maximum atomic E-state index is 11.6. The number of rotatable bonds is 3. The average Bonchev–Trinajstić information content (AvgIpc) is 2.30. The summed E-state index contributed by atoms with van der Waals surface area (Å²) in [5.74, 6) is 0. The van der Waals surface area contributed by atoms with Gasteiger partial charge in [0.05, 0.1) is 5.56 Å². The van der Waals surface area contributed by atoms with Crippen molar-refractivity contribution in [3.05, 3.63) is 40.2 Å². The van der Waals surface area contributed by atoms with Crippen molar-refractivity contribution in [2.45, 2.75) is 6.92 Å². The molecule has 0 aliphatic heterocycles. The summed E-state index contributed by atoms with van der Waals surface area (Å²) in [4.78, 5) is 22.7. The Balaban J connectivity index is 2.85. The van der Waals surface area contributed by atoms with E-state index in [1.165, 1.54) is 0 Å². The standard InChI is InChI=1S/C12H11NO3/c1-2-13-11-9(7-14)8-5-3-4-6-10(8)16-12(11)15/h3-7,13H,2H2,1H3. The molecule has 16 heavy (non-hydrogen) atoms. The van der Waals surface area contributed by atoms with Crippen molar-refractivity contribution in [3.63, 3.8) is 0 Å². The predicted octanol–water partition coefficient (Wildman–Crippen LogP) is 2.04. The summed E-state index contributed by atoms with van der Waals surface area (Å²) in [5, 5.41) is 3.50. The number of anilines is 1. The number of hydrogen-bond acceptors (Lipinski definition) is 4. The van der Waals surface area contributed by atoms with Crippen molar-refractivity contribution in [2.24, 2.45) is 0 Å². The van der Waals surface area contributed by atoms with E-state index in [1.54, 1.807) is 24.3 Å². The second-order valence-corrected chi connectivity index (χ2v) is 3.32. The lowest BCUT2D eigenvalue weighted by Crippen LogP contribution is -2.13. The second-order valence-electron chi connectivity index (χ2n) is 3.32. The first-order chi connectivity index (χ1) is 7.77. The molecular weight excluding hydrogens is 206 g/mol. The number of carbonyl (C=O) groups is 1. The molecule has 1 aromatic heterocycles. The highest BCUT2D eigenvalue weighted by atomic mass is 16.4. The molecule has 0 aliphatic rings. The van der Waals surface area contributed by atoms with Gasteiger partial charge in [0.2, 0.25) is 0 Å². The third-order valence-electron chi connectivity index (χ3n) is 2.32. The van der Waals surface area contributed by atoms with Crippen molar-refractivity contribution >= 4 is 22.9 Å². The fourth-order valence-electron chi connectivity index (χ4n) is 1.64. The van der Waals surface area contributed by atoms with E-state index in [0.29, 0.717) is 29.4 Å². The summed E-state index contributed by atoms with van der Waals surface area (Å²) < 4.78 is 5.11. The van der Waals surface area contributed by atoms with Gasteiger partial charge in [-0.2, -0.15) is 0 Å². The molecule has 1 aromatic carbocycles. The van der Waals surface area contributed by atoms with Crippen LogP contribution in [0.25, 0.3) is 11.0 Å². The van der Waals surface area contributed by atoms with Crippen LogP contribution in [0.4, 0.5) is 5.69 Å². The van der Waals surface area contributed by atoms with Gasteiger partial charge in [-0.3, -0.25) is 4.79 Å². The van der Waals surface area contributed by atoms with Crippen LogP contribution in [0.3, 0.4) is 0 Å². The van der Waals surface area contributed by atoms with Gasteiger partial charge in [0.1, 0.15) is 11.3 Å². The summed E-state index contributed by atoms with van der Waals surface area (Å²) in [6, 6.07) is 6.97. The van der Waals surface area contributed by atoms with Crippen LogP contribution in [-0.4, -0.2) is 12.8 Å². The number of aldehydes is 1. The first-order valence-electron chi connectivity index (χ1n) is 5.02. The van der Waals surface area contributed by atoms with Gasteiger partial charge in [0, 0.05) is 11.9 Å². The summed E-state index contributed by atoms with van der Waals surface area (Å²) in [6.07, 6.45) is 0.678. The highest BCUT2D eigenvalue weighted by molar-refractivity contribution is 6.00. The van der Waals surface area contributed by atoms with Gasteiger partial charge in [-0.25, -0.2) is 4.79 Å². The molecule has 2 aromatic rings. The minimum atomic E-state index is -0.511. The molecule has 0 atom stereocenters. The van der Waals surface area contributed by atoms with Crippen LogP contribution in [0.15, 0.2) is 33.5 Å². The van der Waals surface area contributed by atoms with Gasteiger partial charge in [0.25, 0.3) is 0 Å². The van der Waals surface area contributed by atoms with Crippen LogP contribution in [0, 0.1) is 0 Å². The number of nitrogens with one attached hydrogen (secondary N) is 1. The molecule has 0 bridgehead atoms. The molecule has 0 amide bonds. The first-order valence-corrected chi connectivity index (χ1v) is 5.02. The second kappa shape index (κ2) is 4.18. The van der Waals surface area contributed by atoms with Crippen molar-refractivity contribution in [1.29, 1.82) is 0 Å². The highest BCUT2D eigenvalue weighted by Gasteiger charge is 2.12. The molecule has 0 unspecified atom stereocenters. The lowest BCUT2D eigenvalue weighted by Gasteiger charge is -2.06. The van der Waals surface area contributed by atoms with E-state index in [0.717, 1.165) is 0 Å². The zero-order chi connectivity index (χ0) is 11.5. The molecule has 1 heterocycles. The molecule has 82 valence electrons. The Bertz CT molecular complexity index is 586. The van der Waals surface area contributed by atoms with Gasteiger partial charge >= 0.3 is 5.63 Å². The highest BCUT2D eigenvalue weighted by Crippen LogP contribution is 2.20. The number of carbonyl (C=O) groups excluding carboxylic acids is 1. The summed E-state index contributed by atoms with van der Waals surface area (Å²) in [5.41, 5.74) is 0.504. The number of fused-ring (bicyclic) bond motifs is 1. The van der Waals surface area contributed by atoms with Crippen LogP contribution in [-0.2, 0) is 0 Å². The van der Waals surface area contributed by atoms with E-state index in [9.17, 15) is 9.59 Å². The minimum Gasteiger partial charge on any atom is -0.421 e. The molecular formula is C12H11NO3.